The molecule has 0 aliphatic rings. The van der Waals surface area contributed by atoms with E-state index in [4.69, 9.17) is 12.2 Å². The van der Waals surface area contributed by atoms with Crippen molar-refractivity contribution in [2.75, 3.05) is 0 Å². The Balaban J connectivity index is 2.26. The van der Waals surface area contributed by atoms with Crippen LogP contribution in [0.2, 0.25) is 0 Å². The number of nitrogens with one attached hydrogen (secondary N) is 1. The van der Waals surface area contributed by atoms with Gasteiger partial charge in [-0.3, -0.25) is 0 Å². The summed E-state index contributed by atoms with van der Waals surface area (Å²) in [7, 11) is 0. The third kappa shape index (κ3) is 1.96. The highest BCUT2D eigenvalue weighted by molar-refractivity contribution is 7.71. The van der Waals surface area contributed by atoms with Gasteiger partial charge in [-0.15, -0.1) is 11.3 Å². The van der Waals surface area contributed by atoms with E-state index in [2.05, 4.69) is 34.8 Å². The first-order chi connectivity index (χ1) is 6.65. The molecule has 2 rings (SSSR count). The molecule has 2 heterocycles. The number of imidazole rings is 1. The normalized spacial score (nSPS) is 10.7. The van der Waals surface area contributed by atoms with Gasteiger partial charge in [-0.05, 0) is 38.2 Å². The molecule has 0 aliphatic heterocycles. The number of H-pyrrole nitrogens is 1. The molecular formula is C10H12N2S2. The second-order valence-electron chi connectivity index (χ2n) is 3.38. The molecule has 0 atom stereocenters. The molecule has 0 spiro atoms. The van der Waals surface area contributed by atoms with Gasteiger partial charge in [0.25, 0.3) is 0 Å². The monoisotopic (exact) mass is 224 g/mol. The third-order valence-electron chi connectivity index (χ3n) is 2.04. The summed E-state index contributed by atoms with van der Waals surface area (Å²) in [4.78, 5) is 5.81. The Bertz CT molecular complexity index is 490. The van der Waals surface area contributed by atoms with Crippen molar-refractivity contribution in [2.24, 2.45) is 0 Å². The van der Waals surface area contributed by atoms with Gasteiger partial charge >= 0.3 is 0 Å². The first kappa shape index (κ1) is 9.68. The van der Waals surface area contributed by atoms with E-state index in [1.165, 1.54) is 9.75 Å². The van der Waals surface area contributed by atoms with Crippen LogP contribution >= 0.6 is 23.6 Å². The van der Waals surface area contributed by atoms with Crippen molar-refractivity contribution in [3.8, 4) is 0 Å². The summed E-state index contributed by atoms with van der Waals surface area (Å²) in [6.07, 6.45) is 2.05. The summed E-state index contributed by atoms with van der Waals surface area (Å²) in [5, 5.41) is 0. The zero-order chi connectivity index (χ0) is 10.1. The number of rotatable bonds is 2. The second kappa shape index (κ2) is 3.71. The van der Waals surface area contributed by atoms with Gasteiger partial charge in [0.1, 0.15) is 0 Å². The van der Waals surface area contributed by atoms with Crippen molar-refractivity contribution in [2.45, 2.75) is 20.4 Å². The first-order valence-corrected chi connectivity index (χ1v) is 5.69. The zero-order valence-electron chi connectivity index (χ0n) is 8.20. The second-order valence-corrected chi connectivity index (χ2v) is 5.14. The van der Waals surface area contributed by atoms with Crippen molar-refractivity contribution in [1.82, 2.24) is 9.55 Å². The molecular weight excluding hydrogens is 212 g/mol. The Kier molecular flexibility index (Phi) is 2.56. The summed E-state index contributed by atoms with van der Waals surface area (Å²) in [6.45, 7) is 5.02. The van der Waals surface area contributed by atoms with E-state index in [-0.39, 0.29) is 0 Å². The molecule has 0 fully saturated rings. The van der Waals surface area contributed by atoms with Gasteiger partial charge in [-0.25, -0.2) is 0 Å². The summed E-state index contributed by atoms with van der Waals surface area (Å²) < 4.78 is 2.87. The molecule has 0 aromatic carbocycles. The number of hydrogen-bond acceptors (Lipinski definition) is 2. The number of aryl methyl sites for hydroxylation is 2. The van der Waals surface area contributed by atoms with E-state index >= 15 is 0 Å². The topological polar surface area (TPSA) is 20.7 Å². The number of aromatic nitrogens is 2. The zero-order valence-corrected chi connectivity index (χ0v) is 9.84. The molecule has 0 unspecified atom stereocenters. The average molecular weight is 224 g/mol. The molecule has 4 heteroatoms. The smallest absolute Gasteiger partial charge is 0.177 e. The molecule has 0 amide bonds. The van der Waals surface area contributed by atoms with Crippen LogP contribution in [0.15, 0.2) is 18.3 Å². The minimum atomic E-state index is 0.800. The lowest BCUT2D eigenvalue weighted by Crippen LogP contribution is -1.95. The highest BCUT2D eigenvalue weighted by Crippen LogP contribution is 2.16. The fourth-order valence-corrected chi connectivity index (χ4v) is 2.59. The Morgan fingerprint density at radius 1 is 1.43 bits per heavy atom. The number of nitrogens with zero attached hydrogens (tertiary/aromatic N) is 1. The van der Waals surface area contributed by atoms with Crippen molar-refractivity contribution in [1.29, 1.82) is 0 Å². The molecule has 1 N–H and O–H groups in total. The Labute approximate surface area is 92.2 Å². The largest absolute Gasteiger partial charge is 0.335 e. The Hall–Kier alpha value is -0.870. The quantitative estimate of drug-likeness (QED) is 0.776. The van der Waals surface area contributed by atoms with Crippen molar-refractivity contribution < 1.29 is 0 Å². The summed E-state index contributed by atoms with van der Waals surface area (Å²) >= 11 is 7.01. The standard InChI is InChI=1S/C10H12N2S2/c1-7-5-12(10(13)11-7)6-9-4-3-8(2)14-9/h3-5H,6H2,1-2H3,(H,11,13). The van der Waals surface area contributed by atoms with Crippen LogP contribution in [-0.4, -0.2) is 9.55 Å². The molecule has 0 saturated carbocycles. The van der Waals surface area contributed by atoms with Gasteiger partial charge in [0.2, 0.25) is 0 Å². The van der Waals surface area contributed by atoms with Crippen LogP contribution in [0.3, 0.4) is 0 Å². The summed E-state index contributed by atoms with van der Waals surface area (Å²) in [5.41, 5.74) is 1.11. The fourth-order valence-electron chi connectivity index (χ4n) is 1.42. The minimum absolute atomic E-state index is 0.800. The van der Waals surface area contributed by atoms with Crippen molar-refractivity contribution in [3.05, 3.63) is 38.5 Å². The maximum absolute atomic E-state index is 5.19. The molecule has 2 aromatic heterocycles. The first-order valence-electron chi connectivity index (χ1n) is 4.46. The van der Waals surface area contributed by atoms with Gasteiger partial charge in [0, 0.05) is 21.6 Å². The van der Waals surface area contributed by atoms with Gasteiger partial charge in [-0.2, -0.15) is 0 Å². The van der Waals surface area contributed by atoms with Crippen LogP contribution < -0.4 is 0 Å². The van der Waals surface area contributed by atoms with Crippen molar-refractivity contribution >= 4 is 23.6 Å². The fraction of sp³-hybridized carbons (Fsp3) is 0.300. The SMILES string of the molecule is Cc1cn(Cc2ccc(C)s2)c(=S)[nH]1. The summed E-state index contributed by atoms with van der Waals surface area (Å²) in [6, 6.07) is 4.30. The van der Waals surface area contributed by atoms with Crippen molar-refractivity contribution in [3.63, 3.8) is 0 Å². The predicted octanol–water partition coefficient (Wildman–Crippen LogP) is 3.27. The summed E-state index contributed by atoms with van der Waals surface area (Å²) in [5.74, 6) is 0. The van der Waals surface area contributed by atoms with E-state index in [0.29, 0.717) is 0 Å². The van der Waals surface area contributed by atoms with E-state index < -0.39 is 0 Å². The Morgan fingerprint density at radius 3 is 2.71 bits per heavy atom. The molecule has 14 heavy (non-hydrogen) atoms. The molecule has 2 nitrogen and oxygen atoms in total. The van der Waals surface area contributed by atoms with Crippen LogP contribution in [0.25, 0.3) is 0 Å². The van der Waals surface area contributed by atoms with Crippen LogP contribution in [0.4, 0.5) is 0 Å². The average Bonchev–Trinajstić information content (AvgIpc) is 2.61. The lowest BCUT2D eigenvalue weighted by molar-refractivity contribution is 0.795. The van der Waals surface area contributed by atoms with Gasteiger partial charge in [0.15, 0.2) is 4.77 Å². The highest BCUT2D eigenvalue weighted by atomic mass is 32.1. The van der Waals surface area contributed by atoms with E-state index in [9.17, 15) is 0 Å². The van der Waals surface area contributed by atoms with Gasteiger partial charge < -0.3 is 9.55 Å². The highest BCUT2D eigenvalue weighted by Gasteiger charge is 2.00. The van der Waals surface area contributed by atoms with Crippen LogP contribution in [0.5, 0.6) is 0 Å². The van der Waals surface area contributed by atoms with Gasteiger partial charge in [0.05, 0.1) is 6.54 Å². The number of aromatic amines is 1. The lowest BCUT2D eigenvalue weighted by atomic mass is 10.4. The maximum Gasteiger partial charge on any atom is 0.177 e. The molecule has 0 aliphatic carbocycles. The molecule has 0 bridgehead atoms. The van der Waals surface area contributed by atoms with Gasteiger partial charge in [-0.1, -0.05) is 0 Å². The number of hydrogen-bond donors (Lipinski definition) is 1. The van der Waals surface area contributed by atoms with Crippen LogP contribution in [-0.2, 0) is 6.54 Å². The number of thiophene rings is 1. The molecule has 0 radical (unpaired) electrons. The van der Waals surface area contributed by atoms with E-state index in [0.717, 1.165) is 17.0 Å². The molecule has 74 valence electrons. The predicted molar refractivity (Wildman–Crippen MR) is 62.5 cm³/mol. The maximum atomic E-state index is 5.19. The van der Waals surface area contributed by atoms with Crippen LogP contribution in [0, 0.1) is 18.6 Å². The lowest BCUT2D eigenvalue weighted by Gasteiger charge is -1.97. The third-order valence-corrected chi connectivity index (χ3v) is 3.36. The van der Waals surface area contributed by atoms with E-state index in [1.807, 2.05) is 18.3 Å². The Morgan fingerprint density at radius 2 is 2.21 bits per heavy atom. The molecule has 0 saturated heterocycles. The van der Waals surface area contributed by atoms with E-state index in [1.54, 1.807) is 0 Å². The molecule has 2 aromatic rings. The van der Waals surface area contributed by atoms with Crippen LogP contribution in [0.1, 0.15) is 15.4 Å². The minimum Gasteiger partial charge on any atom is -0.335 e.